The molecule has 10 nitrogen and oxygen atoms in total. The molecular weight excluding hydrogens is 556 g/mol. The molecule has 0 aliphatic heterocycles. The van der Waals surface area contributed by atoms with Crippen LogP contribution in [-0.4, -0.2) is 50.8 Å². The van der Waals surface area contributed by atoms with Gasteiger partial charge in [-0.25, -0.2) is 4.98 Å². The predicted octanol–water partition coefficient (Wildman–Crippen LogP) is 2.20. The molecule has 0 aliphatic carbocycles. The van der Waals surface area contributed by atoms with E-state index in [1.165, 1.54) is 13.3 Å². The average Bonchev–Trinajstić information content (AvgIpc) is 2.59. The normalized spacial score (nSPS) is 12.8. The first-order chi connectivity index (χ1) is 13.8. The van der Waals surface area contributed by atoms with Gasteiger partial charge in [0.05, 0.1) is 22.7 Å². The maximum Gasteiger partial charge on any atom is 0.524 e. The van der Waals surface area contributed by atoms with E-state index in [2.05, 4.69) is 25.9 Å². The molecule has 0 radical (unpaired) electrons. The molecule has 0 atom stereocenters. The Morgan fingerprint density at radius 1 is 1.03 bits per heavy atom. The maximum atomic E-state index is 11.4. The number of nitrogens with zero attached hydrogens (tertiary/aromatic N) is 2. The van der Waals surface area contributed by atoms with Gasteiger partial charge < -0.3 is 10.5 Å². The van der Waals surface area contributed by atoms with Crippen molar-refractivity contribution in [3.05, 3.63) is 28.4 Å². The minimum absolute atomic E-state index is 0.299. The summed E-state index contributed by atoms with van der Waals surface area (Å²) < 4.78 is 116. The van der Waals surface area contributed by atoms with Gasteiger partial charge in [0, 0.05) is 12.3 Å². The molecule has 2 aromatic heterocycles. The van der Waals surface area contributed by atoms with Gasteiger partial charge in [-0.05, 0) is 22.0 Å². The number of aromatic nitrogens is 2. The Morgan fingerprint density at radius 2 is 1.52 bits per heavy atom. The molecule has 0 fully saturated rings. The molecule has 0 aliphatic rings. The zero-order chi connectivity index (χ0) is 24.4. The molecule has 1 amide bonds. The number of halogens is 7. The third kappa shape index (κ3) is 6.37. The highest BCUT2D eigenvalue weighted by Gasteiger charge is 2.57. The third-order valence-corrected chi connectivity index (χ3v) is 6.22. The summed E-state index contributed by atoms with van der Waals surface area (Å²) in [6.45, 7) is 0. The number of primary amides is 1. The molecule has 0 saturated heterocycles. The van der Waals surface area contributed by atoms with Gasteiger partial charge in [0.25, 0.3) is 5.91 Å². The SMILES string of the molecule is COc1ccc2ncc(C(N)=O)c(Br)c2n1.O=S(=O)(OS(=O)(=O)C(F)(F)F)C(F)(F)F. The number of ether oxygens (including phenoxy) is 1. The average molecular weight is 564 g/mol. The molecular formula is C12H8BrF6N3O7S2. The molecule has 2 aromatic rings. The lowest BCUT2D eigenvalue weighted by molar-refractivity contribution is -0.0585. The Labute approximate surface area is 177 Å². The van der Waals surface area contributed by atoms with Gasteiger partial charge in [-0.2, -0.15) is 43.2 Å². The number of hydrogen-bond acceptors (Lipinski definition) is 9. The first-order valence-electron chi connectivity index (χ1n) is 6.96. The zero-order valence-corrected chi connectivity index (χ0v) is 17.7. The summed E-state index contributed by atoms with van der Waals surface area (Å²) in [4.78, 5) is 19.4. The third-order valence-electron chi connectivity index (χ3n) is 2.85. The Morgan fingerprint density at radius 3 is 1.90 bits per heavy atom. The second kappa shape index (κ2) is 9.09. The number of rotatable bonds is 4. The van der Waals surface area contributed by atoms with Crippen LogP contribution < -0.4 is 10.5 Å². The lowest BCUT2D eigenvalue weighted by Crippen LogP contribution is -2.34. The van der Waals surface area contributed by atoms with E-state index in [1.54, 1.807) is 12.1 Å². The molecule has 2 rings (SSSR count). The fourth-order valence-corrected chi connectivity index (χ4v) is 3.65. The quantitative estimate of drug-likeness (QED) is 0.435. The van der Waals surface area contributed by atoms with Crippen molar-refractivity contribution in [2.45, 2.75) is 11.0 Å². The van der Waals surface area contributed by atoms with Crippen LogP contribution in [0.2, 0.25) is 0 Å². The summed E-state index contributed by atoms with van der Waals surface area (Å²) in [6.07, 6.45) is 1.42. The van der Waals surface area contributed by atoms with E-state index in [9.17, 15) is 48.0 Å². The molecule has 19 heteroatoms. The lowest BCUT2D eigenvalue weighted by atomic mass is 10.2. The van der Waals surface area contributed by atoms with Crippen molar-refractivity contribution in [1.82, 2.24) is 9.97 Å². The number of hydrogen-bond donors (Lipinski definition) is 1. The van der Waals surface area contributed by atoms with Gasteiger partial charge in [-0.1, -0.05) is 0 Å². The van der Waals surface area contributed by atoms with Crippen molar-refractivity contribution in [3.8, 4) is 5.88 Å². The van der Waals surface area contributed by atoms with Crippen LogP contribution in [0.1, 0.15) is 10.4 Å². The molecule has 0 saturated carbocycles. The van der Waals surface area contributed by atoms with E-state index in [0.29, 0.717) is 26.9 Å². The van der Waals surface area contributed by atoms with Gasteiger partial charge in [-0.3, -0.25) is 9.78 Å². The van der Waals surface area contributed by atoms with Crippen LogP contribution in [0.15, 0.2) is 22.8 Å². The number of nitrogens with two attached hydrogens (primary N) is 1. The summed E-state index contributed by atoms with van der Waals surface area (Å²) in [5.74, 6) is -0.0949. The Bertz CT molecular complexity index is 1160. The number of pyridine rings is 2. The predicted molar refractivity (Wildman–Crippen MR) is 93.3 cm³/mol. The first-order valence-corrected chi connectivity index (χ1v) is 10.6. The van der Waals surface area contributed by atoms with Crippen molar-refractivity contribution in [2.75, 3.05) is 7.11 Å². The topological polar surface area (TPSA) is 156 Å². The smallest absolute Gasteiger partial charge is 0.481 e. The molecule has 174 valence electrons. The van der Waals surface area contributed by atoms with Crippen LogP contribution >= 0.6 is 15.9 Å². The van der Waals surface area contributed by atoms with Crippen LogP contribution in [0.3, 0.4) is 0 Å². The minimum atomic E-state index is -6.85. The van der Waals surface area contributed by atoms with Crippen LogP contribution in [0.5, 0.6) is 5.88 Å². The van der Waals surface area contributed by atoms with Gasteiger partial charge >= 0.3 is 31.3 Å². The Balaban J connectivity index is 0.000000311. The minimum Gasteiger partial charge on any atom is -0.481 e. The summed E-state index contributed by atoms with van der Waals surface area (Å²) in [5.41, 5.74) is -5.79. The summed E-state index contributed by atoms with van der Waals surface area (Å²) in [7, 11) is -12.2. The van der Waals surface area contributed by atoms with Gasteiger partial charge in [0.2, 0.25) is 5.88 Å². The second-order valence-corrected chi connectivity index (χ2v) is 9.02. The van der Waals surface area contributed by atoms with Crippen molar-refractivity contribution >= 4 is 53.1 Å². The molecule has 2 heterocycles. The van der Waals surface area contributed by atoms with Gasteiger partial charge in [0.1, 0.15) is 5.52 Å². The van der Waals surface area contributed by atoms with Crippen molar-refractivity contribution < 1.29 is 56.3 Å². The molecule has 0 spiro atoms. The van der Waals surface area contributed by atoms with Crippen LogP contribution in [0.25, 0.3) is 11.0 Å². The van der Waals surface area contributed by atoms with E-state index in [1.807, 2.05) is 3.63 Å². The molecule has 31 heavy (non-hydrogen) atoms. The van der Waals surface area contributed by atoms with Crippen molar-refractivity contribution in [1.29, 1.82) is 0 Å². The zero-order valence-electron chi connectivity index (χ0n) is 14.5. The largest absolute Gasteiger partial charge is 0.524 e. The molecule has 0 aromatic carbocycles. The summed E-state index contributed by atoms with van der Waals surface area (Å²) in [6, 6.07) is 3.46. The van der Waals surface area contributed by atoms with Crippen molar-refractivity contribution in [3.63, 3.8) is 0 Å². The number of alkyl halides is 6. The summed E-state index contributed by atoms with van der Waals surface area (Å²) in [5, 5.41) is 0. The highest BCUT2D eigenvalue weighted by Crippen LogP contribution is 2.32. The molecule has 0 bridgehead atoms. The fraction of sp³-hybridized carbons (Fsp3) is 0.250. The number of amides is 1. The number of methoxy groups -OCH3 is 1. The van der Waals surface area contributed by atoms with Gasteiger partial charge in [-0.15, -0.1) is 3.63 Å². The number of carbonyl (C=O) groups is 1. The Kier molecular flexibility index (Phi) is 7.85. The standard InChI is InChI=1S/C10H8BrN3O2.C2F6O5S2/c1-16-7-3-2-6-9(14-7)8(11)5(4-13-6)10(12)15;3-1(4,5)14(9,10)13-15(11,12)2(6,7)8/h2-4H,1H3,(H2,12,15);. The van der Waals surface area contributed by atoms with E-state index in [0.717, 1.165) is 0 Å². The maximum absolute atomic E-state index is 11.4. The summed E-state index contributed by atoms with van der Waals surface area (Å²) >= 11 is 3.29. The molecule has 0 unspecified atom stereocenters. The van der Waals surface area contributed by atoms with E-state index in [4.69, 9.17) is 10.5 Å². The lowest BCUT2D eigenvalue weighted by Gasteiger charge is -2.09. The van der Waals surface area contributed by atoms with Crippen LogP contribution in [-0.2, 0) is 23.9 Å². The van der Waals surface area contributed by atoms with Crippen LogP contribution in [0, 0.1) is 0 Å². The second-order valence-electron chi connectivity index (χ2n) is 4.94. The number of carbonyl (C=O) groups excluding carboxylic acids is 1. The van der Waals surface area contributed by atoms with Crippen molar-refractivity contribution in [2.24, 2.45) is 5.73 Å². The Hall–Kier alpha value is -2.25. The van der Waals surface area contributed by atoms with Crippen LogP contribution in [0.4, 0.5) is 26.3 Å². The first kappa shape index (κ1) is 26.8. The highest BCUT2D eigenvalue weighted by atomic mass is 79.9. The highest BCUT2D eigenvalue weighted by molar-refractivity contribution is 9.10. The van der Waals surface area contributed by atoms with E-state index >= 15 is 0 Å². The monoisotopic (exact) mass is 563 g/mol. The van der Waals surface area contributed by atoms with Gasteiger partial charge in [0.15, 0.2) is 0 Å². The van der Waals surface area contributed by atoms with E-state index < -0.39 is 37.2 Å². The molecule has 2 N–H and O–H groups in total. The number of fused-ring (bicyclic) bond motifs is 1. The fourth-order valence-electron chi connectivity index (χ4n) is 1.50. The van der Waals surface area contributed by atoms with E-state index in [-0.39, 0.29) is 0 Å².